The van der Waals surface area contributed by atoms with Gasteiger partial charge in [0.2, 0.25) is 5.95 Å². The number of hydrogen-bond donors (Lipinski definition) is 1. The summed E-state index contributed by atoms with van der Waals surface area (Å²) in [7, 11) is 5.23. The number of para-hydroxylation sites is 1. The molecule has 4 fully saturated rings. The first-order valence-corrected chi connectivity index (χ1v) is 49.6. The highest BCUT2D eigenvalue weighted by Gasteiger charge is 2.24. The van der Waals surface area contributed by atoms with Gasteiger partial charge >= 0.3 is 0 Å². The number of methoxy groups -OCH3 is 1. The van der Waals surface area contributed by atoms with Gasteiger partial charge in [-0.15, -0.1) is 0 Å². The van der Waals surface area contributed by atoms with E-state index in [9.17, 15) is 28.4 Å². The lowest BCUT2D eigenvalue weighted by Crippen LogP contribution is -2.48. The molecule has 2 N–H and O–H groups in total. The second kappa shape index (κ2) is 61.9. The minimum Gasteiger partial charge on any atom is -0.496 e. The summed E-state index contributed by atoms with van der Waals surface area (Å²) < 4.78 is 27.9. The van der Waals surface area contributed by atoms with Gasteiger partial charge in [-0.3, -0.25) is 29.0 Å². The van der Waals surface area contributed by atoms with E-state index in [1.54, 1.807) is 38.4 Å². The van der Waals surface area contributed by atoms with E-state index in [4.69, 9.17) is 19.9 Å². The van der Waals surface area contributed by atoms with Gasteiger partial charge in [-0.05, 0) is 239 Å². The Bertz CT molecular complexity index is 4790. The lowest BCUT2D eigenvalue weighted by atomic mass is 10.0. The highest BCUT2D eigenvalue weighted by Crippen LogP contribution is 2.27. The predicted molar refractivity (Wildman–Crippen MR) is 564 cm³/mol. The lowest BCUT2D eigenvalue weighted by molar-refractivity contribution is 0.0301. The molecule has 0 radical (unpaired) electrons. The van der Waals surface area contributed by atoms with E-state index in [1.807, 2.05) is 148 Å². The van der Waals surface area contributed by atoms with Gasteiger partial charge in [0, 0.05) is 132 Å². The molecular formula is C118H166FN9O8. The maximum atomic E-state index is 12.4. The highest BCUT2D eigenvalue weighted by molar-refractivity contribution is 5.96. The van der Waals surface area contributed by atoms with Crippen molar-refractivity contribution in [2.45, 2.75) is 244 Å². The molecule has 2 aromatic heterocycles. The van der Waals surface area contributed by atoms with Gasteiger partial charge in [-0.2, -0.15) is 4.39 Å². The topological polar surface area (TPSA) is 184 Å². The average molecular weight is 1860 g/mol. The molecule has 6 heterocycles. The lowest BCUT2D eigenvalue weighted by Gasteiger charge is -2.34. The Labute approximate surface area is 819 Å². The molecule has 10 aromatic rings. The monoisotopic (exact) mass is 1860 g/mol. The van der Waals surface area contributed by atoms with Crippen molar-refractivity contribution in [1.29, 1.82) is 0 Å². The molecule has 0 aliphatic carbocycles. The number of halogens is 1. The van der Waals surface area contributed by atoms with Gasteiger partial charge in [-0.25, -0.2) is 4.98 Å². The molecule has 18 heteroatoms. The standard InChI is InChI=1S/C16H24N2O.C15H21NO.2C14H19NO2.C12H17NO.C10H15N.C10H14O.C10H14.C9H13N.C8H10FN/c1-4-17-9-11-18(12-10-17)16(19)15-7-5-14(6-8-15)13(2)3;1-12(2)13-6-8-14(9-7-13)15(17)16-10-4-3-5-11-16;2*1-11(2)12-3-5-13(6-4-12)14(16)15-7-9-17-10-8-15;1-9(2)10-5-7-11(8-6-10)12(14)13(3)4;1-8(2)10-5-3-4-9(6-10)7-11;1-8(2)9-6-4-5-7-10(9)11-3;1-8(2)10-6-4-5-9(3)7-10;1-7(2)9-5-4-8(3)10-6-9;1-6(2)7-3-4-8(9)10-5-7/h5-8,13H,4,9-12H2,1-3H3;6-9,12H,3-5,10-11H2,1-2H3;2*3-6,11H,7-10H2,1-2H3;5-9H,1-4H3;3-6,8H,7,11H2,1-2H3;4-8H,1-3H3;4-8H,1-3H3;4-7H,1-3H3;3-6H,1-2H3. The number of morpholine rings is 2. The number of ether oxygens (including phenoxy) is 3. The Kier molecular flexibility index (Phi) is 52.6. The van der Waals surface area contributed by atoms with Crippen molar-refractivity contribution in [2.75, 3.05) is 120 Å². The number of carbonyl (C=O) groups excluding carboxylic acids is 5. The quantitative estimate of drug-likeness (QED) is 0.0803. The molecule has 4 aliphatic rings. The van der Waals surface area contributed by atoms with E-state index in [1.165, 1.54) is 73.7 Å². The number of piperidine rings is 1. The molecule has 136 heavy (non-hydrogen) atoms. The Balaban J connectivity index is 0.000000269. The maximum absolute atomic E-state index is 12.4. The van der Waals surface area contributed by atoms with Crippen molar-refractivity contribution in [2.24, 2.45) is 5.73 Å². The molecule has 738 valence electrons. The van der Waals surface area contributed by atoms with Gasteiger partial charge < -0.3 is 49.3 Å². The number of pyridine rings is 2. The van der Waals surface area contributed by atoms with Gasteiger partial charge in [-0.1, -0.05) is 290 Å². The van der Waals surface area contributed by atoms with Gasteiger partial charge in [0.05, 0.1) is 33.5 Å². The van der Waals surface area contributed by atoms with Crippen molar-refractivity contribution in [1.82, 2.24) is 39.4 Å². The molecule has 14 rings (SSSR count). The number of nitrogens with zero attached hydrogens (tertiary/aromatic N) is 8. The summed E-state index contributed by atoms with van der Waals surface area (Å²) in [6, 6.07) is 72.4. The molecule has 0 saturated carbocycles. The van der Waals surface area contributed by atoms with Crippen LogP contribution in [-0.4, -0.2) is 189 Å². The van der Waals surface area contributed by atoms with E-state index in [0.717, 1.165) is 103 Å². The molecule has 4 aliphatic heterocycles. The average Bonchev–Trinajstić information content (AvgIpc) is 0.845. The fraction of sp³-hybridized carbons (Fsp3) is 0.466. The number of nitrogens with two attached hydrogens (primary N) is 1. The number of aryl methyl sites for hydroxylation is 2. The zero-order chi connectivity index (χ0) is 101. The molecule has 0 atom stereocenters. The molecule has 0 unspecified atom stereocenters. The smallest absolute Gasteiger partial charge is 0.254 e. The summed E-state index contributed by atoms with van der Waals surface area (Å²) in [5.41, 5.74) is 25.9. The summed E-state index contributed by atoms with van der Waals surface area (Å²) in [5.74, 6) is 6.58. The Morgan fingerprint density at radius 3 is 0.993 bits per heavy atom. The highest BCUT2D eigenvalue weighted by atomic mass is 19.1. The first-order chi connectivity index (χ1) is 64.8. The third-order valence-electron chi connectivity index (χ3n) is 24.2. The van der Waals surface area contributed by atoms with Gasteiger partial charge in [0.1, 0.15) is 5.75 Å². The van der Waals surface area contributed by atoms with E-state index in [2.05, 4.69) is 258 Å². The predicted octanol–water partition coefficient (Wildman–Crippen LogP) is 26.2. The summed E-state index contributed by atoms with van der Waals surface area (Å²) in [4.78, 5) is 79.8. The van der Waals surface area contributed by atoms with E-state index < -0.39 is 5.95 Å². The molecule has 0 spiro atoms. The number of carbonyl (C=O) groups is 5. The second-order valence-corrected chi connectivity index (χ2v) is 38.5. The fourth-order valence-corrected chi connectivity index (χ4v) is 14.7. The number of likely N-dealkylation sites (N-methyl/N-ethyl adjacent to an activating group) is 1. The zero-order valence-corrected chi connectivity index (χ0v) is 87.4. The van der Waals surface area contributed by atoms with E-state index in [0.29, 0.717) is 118 Å². The summed E-state index contributed by atoms with van der Waals surface area (Å²) in [6.45, 7) is 62.1. The van der Waals surface area contributed by atoms with Crippen LogP contribution in [0.4, 0.5) is 4.39 Å². The van der Waals surface area contributed by atoms with Crippen LogP contribution in [0.5, 0.6) is 5.75 Å². The molecule has 5 amide bonds. The van der Waals surface area contributed by atoms with Crippen LogP contribution in [0.2, 0.25) is 0 Å². The first kappa shape index (κ1) is 115. The van der Waals surface area contributed by atoms with Crippen molar-refractivity contribution in [3.8, 4) is 5.75 Å². The summed E-state index contributed by atoms with van der Waals surface area (Å²) >= 11 is 0. The Hall–Kier alpha value is -11.0. The number of piperazine rings is 1. The van der Waals surface area contributed by atoms with Crippen molar-refractivity contribution < 1.29 is 42.6 Å². The van der Waals surface area contributed by atoms with Crippen molar-refractivity contribution in [3.05, 3.63) is 337 Å². The van der Waals surface area contributed by atoms with Crippen LogP contribution in [-0.2, 0) is 16.0 Å². The van der Waals surface area contributed by atoms with Crippen LogP contribution >= 0.6 is 0 Å². The number of rotatable bonds is 18. The Morgan fingerprint density at radius 1 is 0.360 bits per heavy atom. The number of hydrogen-bond acceptors (Lipinski definition) is 12. The third kappa shape index (κ3) is 41.5. The molecule has 0 bridgehead atoms. The Morgan fingerprint density at radius 2 is 0.691 bits per heavy atom. The third-order valence-corrected chi connectivity index (χ3v) is 24.2. The van der Waals surface area contributed by atoms with Crippen LogP contribution in [0.15, 0.2) is 231 Å². The van der Waals surface area contributed by atoms with Crippen LogP contribution in [0, 0.1) is 19.8 Å². The number of benzene rings is 8. The van der Waals surface area contributed by atoms with Crippen LogP contribution in [0.25, 0.3) is 0 Å². The number of likely N-dealkylation sites (tertiary alicyclic amines) is 1. The maximum Gasteiger partial charge on any atom is 0.254 e. The molecule has 17 nitrogen and oxygen atoms in total. The molecule has 8 aromatic carbocycles. The van der Waals surface area contributed by atoms with Gasteiger partial charge in [0.25, 0.3) is 29.5 Å². The van der Waals surface area contributed by atoms with Gasteiger partial charge in [0.15, 0.2) is 0 Å². The number of amides is 5. The normalized spacial score (nSPS) is 13.5. The summed E-state index contributed by atoms with van der Waals surface area (Å²) in [5, 5.41) is 0. The minimum absolute atomic E-state index is 0.0558. The zero-order valence-electron chi connectivity index (χ0n) is 87.4. The first-order valence-electron chi connectivity index (χ1n) is 49.6. The largest absolute Gasteiger partial charge is 0.496 e. The fourth-order valence-electron chi connectivity index (χ4n) is 14.7. The van der Waals surface area contributed by atoms with Crippen LogP contribution in [0.3, 0.4) is 0 Å². The molecular weight excluding hydrogens is 1690 g/mol. The SMILES string of the molecule is CC(C)c1ccc(C(=O)N(C)C)cc1.CC(C)c1ccc(C(=O)N2CCCCC2)cc1.CC(C)c1ccc(C(=O)N2CCOCC2)cc1.CC(C)c1ccc(C(=O)N2CCOCC2)cc1.CC(C)c1ccc(F)nc1.CC(C)c1cccc(CN)c1.CCN1CCN(C(=O)c2ccc(C(C)C)cc2)CC1.COc1ccccc1C(C)C.Cc1ccc(C(C)C)cn1.Cc1cccc(C(C)C)c1. The second-order valence-electron chi connectivity index (χ2n) is 38.5. The van der Waals surface area contributed by atoms with E-state index >= 15 is 0 Å². The van der Waals surface area contributed by atoms with Crippen molar-refractivity contribution in [3.63, 3.8) is 0 Å². The minimum atomic E-state index is -0.413. The van der Waals surface area contributed by atoms with Crippen LogP contribution in [0.1, 0.15) is 348 Å². The van der Waals surface area contributed by atoms with E-state index in [-0.39, 0.29) is 29.5 Å². The van der Waals surface area contributed by atoms with Crippen molar-refractivity contribution >= 4 is 29.5 Å². The van der Waals surface area contributed by atoms with Crippen LogP contribution < -0.4 is 10.5 Å². The molecule has 4 saturated heterocycles. The number of aromatic nitrogens is 2. The summed E-state index contributed by atoms with van der Waals surface area (Å²) in [6.07, 6.45) is 7.07.